The van der Waals surface area contributed by atoms with Gasteiger partial charge in [-0.25, -0.2) is 4.99 Å². The second kappa shape index (κ2) is 11.0. The van der Waals surface area contributed by atoms with Crippen LogP contribution in [0.3, 0.4) is 0 Å². The summed E-state index contributed by atoms with van der Waals surface area (Å²) in [5.74, 6) is 0.912. The van der Waals surface area contributed by atoms with Gasteiger partial charge in [0.1, 0.15) is 0 Å². The van der Waals surface area contributed by atoms with Gasteiger partial charge < -0.3 is 15.0 Å². The van der Waals surface area contributed by atoms with E-state index in [9.17, 15) is 0 Å². The summed E-state index contributed by atoms with van der Waals surface area (Å²) in [6.45, 7) is 2.34. The fourth-order valence-electron chi connectivity index (χ4n) is 1.52. The zero-order chi connectivity index (χ0) is 13.2. The van der Waals surface area contributed by atoms with Crippen molar-refractivity contribution in [1.82, 2.24) is 10.2 Å². The van der Waals surface area contributed by atoms with Crippen LogP contribution in [0.2, 0.25) is 0 Å². The summed E-state index contributed by atoms with van der Waals surface area (Å²) in [4.78, 5) is 6.58. The van der Waals surface area contributed by atoms with Gasteiger partial charge in [-0.3, -0.25) is 0 Å². The lowest BCUT2D eigenvalue weighted by Crippen LogP contribution is -2.37. The number of hydrogen-bond acceptors (Lipinski definition) is 2. The largest absolute Gasteiger partial charge is 0.385 e. The molecule has 0 spiro atoms. The molecule has 0 radical (unpaired) electrons. The summed E-state index contributed by atoms with van der Waals surface area (Å²) < 4.78 is 5.02. The molecule has 19 heavy (non-hydrogen) atoms. The van der Waals surface area contributed by atoms with E-state index in [0.717, 1.165) is 25.5 Å². The Morgan fingerprint density at radius 1 is 1.26 bits per heavy atom. The predicted molar refractivity (Wildman–Crippen MR) is 91.2 cm³/mol. The second-order valence-electron chi connectivity index (χ2n) is 4.29. The number of nitrogens with zero attached hydrogens (tertiary/aromatic N) is 2. The molecule has 0 saturated heterocycles. The van der Waals surface area contributed by atoms with E-state index in [-0.39, 0.29) is 24.0 Å². The molecule has 0 bridgehead atoms. The standard InChI is InChI=1S/C14H23N3O.HI/c1-17(2)14(15-10-7-11-18-3)16-12-13-8-5-4-6-9-13;/h4-6,8-9H,7,10-12H2,1-3H3,(H,15,16);1H. The lowest BCUT2D eigenvalue weighted by atomic mass is 10.2. The van der Waals surface area contributed by atoms with Crippen LogP contribution >= 0.6 is 24.0 Å². The number of hydrogen-bond donors (Lipinski definition) is 1. The number of rotatable bonds is 6. The van der Waals surface area contributed by atoms with Crippen molar-refractivity contribution in [2.24, 2.45) is 4.99 Å². The molecule has 0 atom stereocenters. The molecular weight excluding hydrogens is 353 g/mol. The Morgan fingerprint density at radius 3 is 2.53 bits per heavy atom. The zero-order valence-corrected chi connectivity index (χ0v) is 14.3. The van der Waals surface area contributed by atoms with Crippen LogP contribution in [0.4, 0.5) is 0 Å². The summed E-state index contributed by atoms with van der Waals surface area (Å²) in [5, 5.41) is 3.32. The predicted octanol–water partition coefficient (Wildman–Crippen LogP) is 2.35. The van der Waals surface area contributed by atoms with E-state index in [1.165, 1.54) is 5.56 Å². The van der Waals surface area contributed by atoms with Crippen molar-refractivity contribution < 1.29 is 4.74 Å². The van der Waals surface area contributed by atoms with Crippen LogP contribution in [0.25, 0.3) is 0 Å². The normalized spacial score (nSPS) is 10.8. The third-order valence-electron chi connectivity index (χ3n) is 2.49. The highest BCUT2D eigenvalue weighted by Crippen LogP contribution is 2.00. The topological polar surface area (TPSA) is 36.9 Å². The highest BCUT2D eigenvalue weighted by molar-refractivity contribution is 14.0. The van der Waals surface area contributed by atoms with Crippen LogP contribution in [0, 0.1) is 0 Å². The van der Waals surface area contributed by atoms with Crippen molar-refractivity contribution in [1.29, 1.82) is 0 Å². The fourth-order valence-corrected chi connectivity index (χ4v) is 1.52. The summed E-state index contributed by atoms with van der Waals surface area (Å²) in [7, 11) is 5.71. The molecule has 4 nitrogen and oxygen atoms in total. The van der Waals surface area contributed by atoms with Gasteiger partial charge in [0.25, 0.3) is 0 Å². The second-order valence-corrected chi connectivity index (χ2v) is 4.29. The van der Waals surface area contributed by atoms with Gasteiger partial charge in [-0.2, -0.15) is 0 Å². The summed E-state index contributed by atoms with van der Waals surface area (Å²) in [5.41, 5.74) is 1.22. The Labute approximate surface area is 133 Å². The number of benzene rings is 1. The number of guanidine groups is 1. The SMILES string of the molecule is COCCCNC(=NCc1ccccc1)N(C)C.I. The van der Waals surface area contributed by atoms with Crippen molar-refractivity contribution in [3.8, 4) is 0 Å². The van der Waals surface area contributed by atoms with Gasteiger partial charge in [0, 0.05) is 34.4 Å². The summed E-state index contributed by atoms with van der Waals surface area (Å²) >= 11 is 0. The van der Waals surface area contributed by atoms with Crippen LogP contribution < -0.4 is 5.32 Å². The molecule has 0 aliphatic carbocycles. The molecule has 0 amide bonds. The quantitative estimate of drug-likeness (QED) is 0.358. The number of aliphatic imine (C=N–C) groups is 1. The average Bonchev–Trinajstić information content (AvgIpc) is 2.38. The van der Waals surface area contributed by atoms with E-state index in [4.69, 9.17) is 4.74 Å². The molecule has 0 aliphatic heterocycles. The molecule has 0 heterocycles. The van der Waals surface area contributed by atoms with Crippen molar-refractivity contribution in [3.05, 3.63) is 35.9 Å². The van der Waals surface area contributed by atoms with Crippen molar-refractivity contribution in [2.75, 3.05) is 34.4 Å². The molecule has 1 rings (SSSR count). The van der Waals surface area contributed by atoms with Gasteiger partial charge >= 0.3 is 0 Å². The third-order valence-corrected chi connectivity index (χ3v) is 2.49. The third kappa shape index (κ3) is 8.05. The Kier molecular flexibility index (Phi) is 10.6. The molecular formula is C14H24IN3O. The molecule has 1 aromatic carbocycles. The van der Waals surface area contributed by atoms with Crippen molar-refractivity contribution in [2.45, 2.75) is 13.0 Å². The number of nitrogens with one attached hydrogen (secondary N) is 1. The van der Waals surface area contributed by atoms with Gasteiger partial charge in [0.05, 0.1) is 6.54 Å². The number of halogens is 1. The Hall–Kier alpha value is -0.820. The molecule has 0 unspecified atom stereocenters. The van der Waals surface area contributed by atoms with Crippen molar-refractivity contribution >= 4 is 29.9 Å². The van der Waals surface area contributed by atoms with Crippen LogP contribution in [0.5, 0.6) is 0 Å². The lowest BCUT2D eigenvalue weighted by Gasteiger charge is -2.17. The van der Waals surface area contributed by atoms with E-state index in [2.05, 4.69) is 22.4 Å². The number of methoxy groups -OCH3 is 1. The molecule has 1 aromatic rings. The average molecular weight is 377 g/mol. The first-order valence-electron chi connectivity index (χ1n) is 6.22. The van der Waals surface area contributed by atoms with Gasteiger partial charge in [-0.1, -0.05) is 30.3 Å². The number of ether oxygens (including phenoxy) is 1. The Morgan fingerprint density at radius 2 is 1.95 bits per heavy atom. The first kappa shape index (κ1) is 18.2. The van der Waals surface area contributed by atoms with E-state index in [1.807, 2.05) is 37.2 Å². The zero-order valence-electron chi connectivity index (χ0n) is 11.9. The molecule has 0 aromatic heterocycles. The van der Waals surface area contributed by atoms with Gasteiger partial charge in [-0.15, -0.1) is 24.0 Å². The van der Waals surface area contributed by atoms with E-state index < -0.39 is 0 Å². The highest BCUT2D eigenvalue weighted by atomic mass is 127. The smallest absolute Gasteiger partial charge is 0.193 e. The fraction of sp³-hybridized carbons (Fsp3) is 0.500. The maximum atomic E-state index is 5.02. The van der Waals surface area contributed by atoms with Gasteiger partial charge in [0.2, 0.25) is 0 Å². The molecule has 0 aliphatic rings. The molecule has 0 fully saturated rings. The van der Waals surface area contributed by atoms with E-state index >= 15 is 0 Å². The highest BCUT2D eigenvalue weighted by Gasteiger charge is 2.00. The van der Waals surface area contributed by atoms with Crippen LogP contribution in [0.1, 0.15) is 12.0 Å². The maximum absolute atomic E-state index is 5.02. The van der Waals surface area contributed by atoms with Gasteiger partial charge in [-0.05, 0) is 12.0 Å². The van der Waals surface area contributed by atoms with Crippen LogP contribution in [0.15, 0.2) is 35.3 Å². The lowest BCUT2D eigenvalue weighted by molar-refractivity contribution is 0.195. The van der Waals surface area contributed by atoms with Gasteiger partial charge in [0.15, 0.2) is 5.96 Å². The summed E-state index contributed by atoms with van der Waals surface area (Å²) in [6, 6.07) is 10.3. The minimum atomic E-state index is 0. The molecule has 108 valence electrons. The first-order chi connectivity index (χ1) is 8.74. The van der Waals surface area contributed by atoms with E-state index in [0.29, 0.717) is 6.54 Å². The maximum Gasteiger partial charge on any atom is 0.193 e. The van der Waals surface area contributed by atoms with E-state index in [1.54, 1.807) is 7.11 Å². The minimum Gasteiger partial charge on any atom is -0.385 e. The Bertz CT molecular complexity index is 355. The molecule has 5 heteroatoms. The van der Waals surface area contributed by atoms with Crippen molar-refractivity contribution in [3.63, 3.8) is 0 Å². The molecule has 0 saturated carbocycles. The first-order valence-corrected chi connectivity index (χ1v) is 6.22. The monoisotopic (exact) mass is 377 g/mol. The molecule has 1 N–H and O–H groups in total. The van der Waals surface area contributed by atoms with Crippen LogP contribution in [-0.2, 0) is 11.3 Å². The summed E-state index contributed by atoms with van der Waals surface area (Å²) in [6.07, 6.45) is 0.981. The minimum absolute atomic E-state index is 0. The van der Waals surface area contributed by atoms with Crippen LogP contribution in [-0.4, -0.2) is 45.2 Å². The Balaban J connectivity index is 0.00000324.